The molecule has 0 fully saturated rings. The van der Waals surface area contributed by atoms with E-state index in [-0.39, 0.29) is 0 Å². The van der Waals surface area contributed by atoms with E-state index in [1.54, 1.807) is 13.3 Å². The topological polar surface area (TPSA) is 53.1 Å². The highest BCUT2D eigenvalue weighted by atomic mass is 16.5. The van der Waals surface area contributed by atoms with Gasteiger partial charge in [0.2, 0.25) is 0 Å². The number of aryl methyl sites for hydroxylation is 1. The fraction of sp³-hybridized carbons (Fsp3) is 0.250. The Morgan fingerprint density at radius 2 is 2.25 bits per heavy atom. The van der Waals surface area contributed by atoms with E-state index in [1.165, 1.54) is 0 Å². The Bertz CT molecular complexity index is 491. The van der Waals surface area contributed by atoms with Gasteiger partial charge in [-0.1, -0.05) is 12.1 Å². The first-order chi connectivity index (χ1) is 7.76. The summed E-state index contributed by atoms with van der Waals surface area (Å²) in [5.41, 5.74) is 8.58. The first-order valence-electron chi connectivity index (χ1n) is 5.22. The van der Waals surface area contributed by atoms with Gasteiger partial charge < -0.3 is 10.5 Å². The van der Waals surface area contributed by atoms with Crippen LogP contribution in [0.4, 0.5) is 5.69 Å². The number of nitrogens with zero attached hydrogens (tertiary/aromatic N) is 2. The van der Waals surface area contributed by atoms with Crippen LogP contribution < -0.4 is 10.5 Å². The van der Waals surface area contributed by atoms with E-state index in [4.69, 9.17) is 10.5 Å². The normalized spacial score (nSPS) is 10.4. The van der Waals surface area contributed by atoms with E-state index < -0.39 is 0 Å². The zero-order valence-electron chi connectivity index (χ0n) is 9.47. The minimum absolute atomic E-state index is 0.690. The average Bonchev–Trinajstić information content (AvgIpc) is 2.70. The fourth-order valence-corrected chi connectivity index (χ4v) is 1.73. The van der Waals surface area contributed by atoms with Gasteiger partial charge in [-0.15, -0.1) is 0 Å². The molecule has 4 heteroatoms. The molecule has 0 saturated heterocycles. The van der Waals surface area contributed by atoms with Crippen molar-refractivity contribution in [1.29, 1.82) is 0 Å². The van der Waals surface area contributed by atoms with Crippen LogP contribution in [0.5, 0.6) is 5.75 Å². The van der Waals surface area contributed by atoms with Crippen molar-refractivity contribution >= 4 is 5.69 Å². The van der Waals surface area contributed by atoms with Crippen molar-refractivity contribution in [3.05, 3.63) is 30.5 Å². The number of aromatic nitrogens is 2. The van der Waals surface area contributed by atoms with Gasteiger partial charge in [-0.25, -0.2) is 0 Å². The number of benzene rings is 1. The molecule has 2 N–H and O–H groups in total. The van der Waals surface area contributed by atoms with Gasteiger partial charge in [0.25, 0.3) is 0 Å². The number of nitrogen functional groups attached to an aromatic ring is 1. The summed E-state index contributed by atoms with van der Waals surface area (Å²) in [6.45, 7) is 2.83. The Kier molecular flexibility index (Phi) is 2.81. The summed E-state index contributed by atoms with van der Waals surface area (Å²) in [6, 6.07) is 7.81. The lowest BCUT2D eigenvalue weighted by Gasteiger charge is -2.07. The van der Waals surface area contributed by atoms with E-state index >= 15 is 0 Å². The summed E-state index contributed by atoms with van der Waals surface area (Å²) in [5.74, 6) is 0.820. The molecule has 1 aromatic heterocycles. The van der Waals surface area contributed by atoms with Crippen LogP contribution in [-0.2, 0) is 6.54 Å². The standard InChI is InChI=1S/C12H15N3O/c1-3-15-12(11(13)8-14-15)9-5-4-6-10(7-9)16-2/h4-8H,3,13H2,1-2H3. The number of ether oxygens (including phenoxy) is 1. The summed E-state index contributed by atoms with van der Waals surface area (Å²) in [5, 5.41) is 4.22. The largest absolute Gasteiger partial charge is 0.497 e. The van der Waals surface area contributed by atoms with Crippen LogP contribution in [0.15, 0.2) is 30.5 Å². The monoisotopic (exact) mass is 217 g/mol. The molecule has 1 heterocycles. The number of hydrogen-bond donors (Lipinski definition) is 1. The van der Waals surface area contributed by atoms with Crippen molar-refractivity contribution in [2.45, 2.75) is 13.5 Å². The Labute approximate surface area is 94.6 Å². The fourth-order valence-electron chi connectivity index (χ4n) is 1.73. The van der Waals surface area contributed by atoms with Gasteiger partial charge in [0.05, 0.1) is 24.7 Å². The Morgan fingerprint density at radius 3 is 2.94 bits per heavy atom. The van der Waals surface area contributed by atoms with Crippen LogP contribution >= 0.6 is 0 Å². The van der Waals surface area contributed by atoms with Crippen LogP contribution in [0, 0.1) is 0 Å². The van der Waals surface area contributed by atoms with Gasteiger partial charge in [-0.05, 0) is 19.1 Å². The molecule has 0 unspecified atom stereocenters. The van der Waals surface area contributed by atoms with Crippen molar-refractivity contribution in [3.8, 4) is 17.0 Å². The predicted octanol–water partition coefficient (Wildman–Crippen LogP) is 2.16. The SMILES string of the molecule is CCn1ncc(N)c1-c1cccc(OC)c1. The Balaban J connectivity index is 2.53. The first kappa shape index (κ1) is 10.5. The second-order valence-corrected chi connectivity index (χ2v) is 3.50. The summed E-state index contributed by atoms with van der Waals surface area (Å²) in [6.07, 6.45) is 1.68. The van der Waals surface area contributed by atoms with Crippen LogP contribution in [-0.4, -0.2) is 16.9 Å². The molecule has 0 aliphatic rings. The highest BCUT2D eigenvalue weighted by molar-refractivity contribution is 5.73. The molecule has 84 valence electrons. The van der Waals surface area contributed by atoms with E-state index in [2.05, 4.69) is 5.10 Å². The molecule has 1 aromatic carbocycles. The van der Waals surface area contributed by atoms with Crippen LogP contribution in [0.2, 0.25) is 0 Å². The minimum Gasteiger partial charge on any atom is -0.497 e. The summed E-state index contributed by atoms with van der Waals surface area (Å²) in [4.78, 5) is 0. The molecule has 0 amide bonds. The maximum absolute atomic E-state index is 5.92. The van der Waals surface area contributed by atoms with E-state index in [1.807, 2.05) is 35.9 Å². The first-order valence-corrected chi connectivity index (χ1v) is 5.22. The lowest BCUT2D eigenvalue weighted by Crippen LogP contribution is -2.00. The van der Waals surface area contributed by atoms with E-state index in [0.29, 0.717) is 5.69 Å². The molecule has 0 aliphatic carbocycles. The molecule has 0 aliphatic heterocycles. The third-order valence-corrected chi connectivity index (χ3v) is 2.51. The van der Waals surface area contributed by atoms with Crippen molar-refractivity contribution in [2.24, 2.45) is 0 Å². The van der Waals surface area contributed by atoms with E-state index in [9.17, 15) is 0 Å². The lowest BCUT2D eigenvalue weighted by atomic mass is 10.1. The third-order valence-electron chi connectivity index (χ3n) is 2.51. The van der Waals surface area contributed by atoms with Crippen molar-refractivity contribution in [1.82, 2.24) is 9.78 Å². The molecule has 0 atom stereocenters. The predicted molar refractivity (Wildman–Crippen MR) is 64.3 cm³/mol. The number of hydrogen-bond acceptors (Lipinski definition) is 3. The number of nitrogens with two attached hydrogens (primary N) is 1. The number of anilines is 1. The maximum atomic E-state index is 5.92. The molecule has 0 spiro atoms. The van der Waals surface area contributed by atoms with Crippen molar-refractivity contribution in [3.63, 3.8) is 0 Å². The Hall–Kier alpha value is -1.97. The second kappa shape index (κ2) is 4.26. The molecular formula is C12H15N3O. The van der Waals surface area contributed by atoms with Gasteiger partial charge in [0.1, 0.15) is 5.75 Å². The van der Waals surface area contributed by atoms with Crippen LogP contribution in [0.3, 0.4) is 0 Å². The highest BCUT2D eigenvalue weighted by Gasteiger charge is 2.09. The van der Waals surface area contributed by atoms with Gasteiger partial charge in [-0.2, -0.15) is 5.10 Å². The molecule has 2 aromatic rings. The summed E-state index contributed by atoms with van der Waals surface area (Å²) < 4.78 is 7.07. The smallest absolute Gasteiger partial charge is 0.119 e. The third kappa shape index (κ3) is 1.74. The summed E-state index contributed by atoms with van der Waals surface area (Å²) >= 11 is 0. The van der Waals surface area contributed by atoms with Crippen molar-refractivity contribution < 1.29 is 4.74 Å². The zero-order chi connectivity index (χ0) is 11.5. The second-order valence-electron chi connectivity index (χ2n) is 3.50. The zero-order valence-corrected chi connectivity index (χ0v) is 9.47. The van der Waals surface area contributed by atoms with Crippen molar-refractivity contribution in [2.75, 3.05) is 12.8 Å². The van der Waals surface area contributed by atoms with Gasteiger partial charge in [-0.3, -0.25) is 4.68 Å². The number of methoxy groups -OCH3 is 1. The molecular weight excluding hydrogens is 202 g/mol. The quantitative estimate of drug-likeness (QED) is 0.857. The molecule has 0 radical (unpaired) electrons. The van der Waals surface area contributed by atoms with E-state index in [0.717, 1.165) is 23.6 Å². The minimum atomic E-state index is 0.690. The van der Waals surface area contributed by atoms with Crippen LogP contribution in [0.25, 0.3) is 11.3 Å². The van der Waals surface area contributed by atoms with Crippen LogP contribution in [0.1, 0.15) is 6.92 Å². The molecule has 2 rings (SSSR count). The van der Waals surface area contributed by atoms with Gasteiger partial charge in [0.15, 0.2) is 0 Å². The van der Waals surface area contributed by atoms with Gasteiger partial charge >= 0.3 is 0 Å². The molecule has 0 bridgehead atoms. The average molecular weight is 217 g/mol. The Morgan fingerprint density at radius 1 is 1.44 bits per heavy atom. The molecule has 16 heavy (non-hydrogen) atoms. The summed E-state index contributed by atoms with van der Waals surface area (Å²) in [7, 11) is 1.65. The maximum Gasteiger partial charge on any atom is 0.119 e. The highest BCUT2D eigenvalue weighted by Crippen LogP contribution is 2.28. The molecule has 4 nitrogen and oxygen atoms in total. The van der Waals surface area contributed by atoms with Gasteiger partial charge in [0, 0.05) is 12.1 Å². The lowest BCUT2D eigenvalue weighted by molar-refractivity contribution is 0.415. The molecule has 0 saturated carbocycles. The number of rotatable bonds is 3.